The third kappa shape index (κ3) is 0.967. The van der Waals surface area contributed by atoms with Crippen LogP contribution in [0.4, 0.5) is 0 Å². The molecule has 3 aliphatic rings. The molecule has 0 heteroatoms. The highest BCUT2D eigenvalue weighted by Gasteiger charge is 2.50. The summed E-state index contributed by atoms with van der Waals surface area (Å²) in [6.07, 6.45) is 8.04. The zero-order valence-electron chi connectivity index (χ0n) is 8.56. The second kappa shape index (κ2) is 2.61. The average Bonchev–Trinajstić information content (AvgIpc) is 2.05. The van der Waals surface area contributed by atoms with E-state index in [1.165, 1.54) is 25.7 Å². The third-order valence-electron chi connectivity index (χ3n) is 4.12. The normalized spacial score (nSPS) is 37.1. The van der Waals surface area contributed by atoms with Crippen LogP contribution in [0.15, 0.2) is 11.6 Å². The molecule has 0 aromatic carbocycles. The highest BCUT2D eigenvalue weighted by atomic mass is 14.5. The highest BCUT2D eigenvalue weighted by molar-refractivity contribution is 5.22. The summed E-state index contributed by atoms with van der Waals surface area (Å²) < 4.78 is 0. The van der Waals surface area contributed by atoms with Gasteiger partial charge in [0.05, 0.1) is 0 Å². The van der Waals surface area contributed by atoms with Crippen LogP contribution < -0.4 is 0 Å². The number of hydrogen-bond acceptors (Lipinski definition) is 0. The smallest absolute Gasteiger partial charge is 0.0146 e. The van der Waals surface area contributed by atoms with Crippen molar-refractivity contribution in [3.8, 4) is 0 Å². The van der Waals surface area contributed by atoms with E-state index in [0.29, 0.717) is 5.41 Å². The van der Waals surface area contributed by atoms with E-state index < -0.39 is 0 Å². The van der Waals surface area contributed by atoms with Gasteiger partial charge < -0.3 is 0 Å². The average molecular weight is 164 g/mol. The first-order valence-electron chi connectivity index (χ1n) is 5.35. The molecule has 0 spiro atoms. The molecule has 0 aliphatic heterocycles. The zero-order chi connectivity index (χ0) is 8.77. The summed E-state index contributed by atoms with van der Waals surface area (Å²) in [5, 5.41) is 0. The van der Waals surface area contributed by atoms with Gasteiger partial charge in [0, 0.05) is 0 Å². The van der Waals surface area contributed by atoms with Crippen LogP contribution in [0.2, 0.25) is 0 Å². The van der Waals surface area contributed by atoms with E-state index in [2.05, 4.69) is 26.8 Å². The molecule has 1 saturated carbocycles. The second-order valence-corrected chi connectivity index (χ2v) is 5.07. The van der Waals surface area contributed by atoms with Gasteiger partial charge in [-0.3, -0.25) is 0 Å². The molecular formula is C12H20. The van der Waals surface area contributed by atoms with Crippen molar-refractivity contribution in [1.82, 2.24) is 0 Å². The van der Waals surface area contributed by atoms with Crippen molar-refractivity contribution in [2.75, 3.05) is 0 Å². The molecular weight excluding hydrogens is 144 g/mol. The maximum atomic E-state index is 2.52. The fourth-order valence-electron chi connectivity index (χ4n) is 3.05. The number of fused-ring (bicyclic) bond motifs is 1. The maximum absolute atomic E-state index is 2.52. The first-order chi connectivity index (χ1) is 5.66. The van der Waals surface area contributed by atoms with Crippen LogP contribution in [0.25, 0.3) is 0 Å². The van der Waals surface area contributed by atoms with Gasteiger partial charge in [-0.2, -0.15) is 0 Å². The molecule has 0 N–H and O–H groups in total. The molecule has 3 rings (SSSR count). The van der Waals surface area contributed by atoms with Gasteiger partial charge in [0.1, 0.15) is 0 Å². The Morgan fingerprint density at radius 2 is 2.25 bits per heavy atom. The van der Waals surface area contributed by atoms with Crippen LogP contribution in [0, 0.1) is 17.3 Å². The molecule has 0 aromatic rings. The lowest BCUT2D eigenvalue weighted by atomic mass is 9.48. The van der Waals surface area contributed by atoms with Crippen molar-refractivity contribution in [1.29, 1.82) is 0 Å². The predicted octanol–water partition coefficient (Wildman–Crippen LogP) is 3.78. The van der Waals surface area contributed by atoms with E-state index in [1.807, 2.05) is 0 Å². The molecule has 12 heavy (non-hydrogen) atoms. The molecule has 68 valence electrons. The van der Waals surface area contributed by atoms with Crippen molar-refractivity contribution in [3.05, 3.63) is 11.6 Å². The quantitative estimate of drug-likeness (QED) is 0.545. The number of rotatable bonds is 2. The minimum Gasteiger partial charge on any atom is -0.0847 e. The van der Waals surface area contributed by atoms with Crippen LogP contribution in [0.3, 0.4) is 0 Å². The predicted molar refractivity (Wildman–Crippen MR) is 53.0 cm³/mol. The van der Waals surface area contributed by atoms with Crippen molar-refractivity contribution >= 4 is 0 Å². The molecule has 1 fully saturated rings. The SMILES string of the molecule is CCCC1=CC[C@H]2C[C@@H]1C2(C)C. The Kier molecular flexibility index (Phi) is 1.82. The molecule has 2 bridgehead atoms. The summed E-state index contributed by atoms with van der Waals surface area (Å²) in [5.74, 6) is 1.94. The maximum Gasteiger partial charge on any atom is -0.0146 e. The van der Waals surface area contributed by atoms with Crippen LogP contribution >= 0.6 is 0 Å². The van der Waals surface area contributed by atoms with Crippen molar-refractivity contribution < 1.29 is 0 Å². The summed E-state index contributed by atoms with van der Waals surface area (Å²) in [4.78, 5) is 0. The Bertz CT molecular complexity index is 210. The first-order valence-corrected chi connectivity index (χ1v) is 5.35. The largest absolute Gasteiger partial charge is 0.0847 e. The molecule has 0 nitrogen and oxygen atoms in total. The second-order valence-electron chi connectivity index (χ2n) is 5.07. The lowest BCUT2D eigenvalue weighted by Gasteiger charge is -2.56. The summed E-state index contributed by atoms with van der Waals surface area (Å²) >= 11 is 0. The van der Waals surface area contributed by atoms with Gasteiger partial charge >= 0.3 is 0 Å². The third-order valence-corrected chi connectivity index (χ3v) is 4.12. The molecule has 0 saturated heterocycles. The fourth-order valence-corrected chi connectivity index (χ4v) is 3.05. The Morgan fingerprint density at radius 1 is 1.50 bits per heavy atom. The van der Waals surface area contributed by atoms with E-state index >= 15 is 0 Å². The Balaban J connectivity index is 2.13. The van der Waals surface area contributed by atoms with Crippen molar-refractivity contribution in [2.24, 2.45) is 17.3 Å². The highest BCUT2D eigenvalue weighted by Crippen LogP contribution is 2.59. The summed E-state index contributed by atoms with van der Waals surface area (Å²) in [7, 11) is 0. The van der Waals surface area contributed by atoms with Gasteiger partial charge in [-0.25, -0.2) is 0 Å². The monoisotopic (exact) mass is 164 g/mol. The summed E-state index contributed by atoms with van der Waals surface area (Å²) in [6.45, 7) is 7.20. The van der Waals surface area contributed by atoms with Gasteiger partial charge in [-0.15, -0.1) is 0 Å². The topological polar surface area (TPSA) is 0 Å². The van der Waals surface area contributed by atoms with Gasteiger partial charge in [-0.05, 0) is 36.5 Å². The van der Waals surface area contributed by atoms with Gasteiger partial charge in [-0.1, -0.05) is 38.8 Å². The lowest BCUT2D eigenvalue weighted by molar-refractivity contribution is -0.00824. The van der Waals surface area contributed by atoms with E-state index in [9.17, 15) is 0 Å². The molecule has 0 amide bonds. The Hall–Kier alpha value is -0.260. The number of allylic oxidation sites excluding steroid dienone is 2. The lowest BCUT2D eigenvalue weighted by Crippen LogP contribution is -2.47. The molecule has 0 unspecified atom stereocenters. The fraction of sp³-hybridized carbons (Fsp3) is 0.833. The molecule has 0 heterocycles. The van der Waals surface area contributed by atoms with Gasteiger partial charge in [0.25, 0.3) is 0 Å². The number of hydrogen-bond donors (Lipinski definition) is 0. The standard InChI is InChI=1S/C12H20/c1-4-5-9-6-7-10-8-11(9)12(10,2)3/h6,10-11H,4-5,7-8H2,1-3H3/t10-,11-/m0/s1. The Labute approximate surface area is 76.1 Å². The molecule has 2 atom stereocenters. The first kappa shape index (κ1) is 8.34. The van der Waals surface area contributed by atoms with Gasteiger partial charge in [0.15, 0.2) is 0 Å². The molecule has 3 aliphatic carbocycles. The summed E-state index contributed by atoms with van der Waals surface area (Å²) in [6, 6.07) is 0. The van der Waals surface area contributed by atoms with E-state index in [1.54, 1.807) is 5.57 Å². The summed E-state index contributed by atoms with van der Waals surface area (Å²) in [5.41, 5.74) is 2.41. The molecule has 0 radical (unpaired) electrons. The van der Waals surface area contributed by atoms with Crippen LogP contribution in [-0.4, -0.2) is 0 Å². The van der Waals surface area contributed by atoms with Crippen LogP contribution in [0.5, 0.6) is 0 Å². The van der Waals surface area contributed by atoms with Crippen LogP contribution in [-0.2, 0) is 0 Å². The van der Waals surface area contributed by atoms with Gasteiger partial charge in [0.2, 0.25) is 0 Å². The van der Waals surface area contributed by atoms with Crippen LogP contribution in [0.1, 0.15) is 46.5 Å². The van der Waals surface area contributed by atoms with Crippen molar-refractivity contribution in [3.63, 3.8) is 0 Å². The molecule has 0 aromatic heterocycles. The van der Waals surface area contributed by atoms with E-state index in [-0.39, 0.29) is 0 Å². The minimum atomic E-state index is 0.638. The zero-order valence-corrected chi connectivity index (χ0v) is 8.56. The minimum absolute atomic E-state index is 0.638. The van der Waals surface area contributed by atoms with Crippen molar-refractivity contribution in [2.45, 2.75) is 46.5 Å². The van der Waals surface area contributed by atoms with E-state index in [4.69, 9.17) is 0 Å². The van der Waals surface area contributed by atoms with E-state index in [0.717, 1.165) is 11.8 Å². The Morgan fingerprint density at radius 3 is 2.75 bits per heavy atom.